The molecule has 3 nitrogen and oxygen atoms in total. The highest BCUT2D eigenvalue weighted by molar-refractivity contribution is 7.79. The summed E-state index contributed by atoms with van der Waals surface area (Å²) in [6, 6.07) is 5.29. The smallest absolute Gasteiger partial charge is 0.423 e. The molecule has 0 aromatic heterocycles. The fourth-order valence-electron chi connectivity index (χ4n) is 1.15. The van der Waals surface area contributed by atoms with E-state index < -0.39 is 7.12 Å². The van der Waals surface area contributed by atoms with Crippen molar-refractivity contribution in [1.29, 1.82) is 0 Å². The van der Waals surface area contributed by atoms with Crippen LogP contribution in [0.2, 0.25) is 0 Å². The monoisotopic (exact) mass is 197 g/mol. The molecule has 0 bridgehead atoms. The summed E-state index contributed by atoms with van der Waals surface area (Å²) in [5, 5.41) is 17.9. The number of nitrogens with two attached hydrogens (primary N) is 1. The molecule has 0 saturated heterocycles. The largest absolute Gasteiger partial charge is 0.488 e. The van der Waals surface area contributed by atoms with Gasteiger partial charge in [-0.05, 0) is 16.6 Å². The van der Waals surface area contributed by atoms with E-state index in [2.05, 4.69) is 12.6 Å². The lowest BCUT2D eigenvalue weighted by Crippen LogP contribution is -2.30. The summed E-state index contributed by atoms with van der Waals surface area (Å²) >= 11 is 4.11. The number of hydrogen-bond donors (Lipinski definition) is 4. The average Bonchev–Trinajstić information content (AvgIpc) is 2.16. The lowest BCUT2D eigenvalue weighted by molar-refractivity contribution is 0.425. The number of thiol groups is 1. The third-order valence-electron chi connectivity index (χ3n) is 1.79. The Balaban J connectivity index is 3.07. The van der Waals surface area contributed by atoms with E-state index in [9.17, 15) is 0 Å². The zero-order valence-corrected chi connectivity index (χ0v) is 8.04. The lowest BCUT2D eigenvalue weighted by Gasteiger charge is -2.06. The average molecular weight is 197 g/mol. The highest BCUT2D eigenvalue weighted by Crippen LogP contribution is 2.05. The summed E-state index contributed by atoms with van der Waals surface area (Å²) in [6.07, 6.45) is 0. The van der Waals surface area contributed by atoms with Crippen LogP contribution in [0.3, 0.4) is 0 Å². The van der Waals surface area contributed by atoms with Gasteiger partial charge in [0.05, 0.1) is 0 Å². The molecule has 0 unspecified atom stereocenters. The van der Waals surface area contributed by atoms with Crippen LogP contribution in [0.4, 0.5) is 0 Å². The molecule has 1 aromatic rings. The molecule has 13 heavy (non-hydrogen) atoms. The maximum atomic E-state index is 8.95. The summed E-state index contributed by atoms with van der Waals surface area (Å²) < 4.78 is 0. The Labute approximate surface area is 83.1 Å². The molecule has 4 N–H and O–H groups in total. The lowest BCUT2D eigenvalue weighted by atomic mass is 9.79. The predicted molar refractivity (Wildman–Crippen MR) is 56.8 cm³/mol. The summed E-state index contributed by atoms with van der Waals surface area (Å²) in [7, 11) is -1.44. The van der Waals surface area contributed by atoms with Gasteiger partial charge in [-0.3, -0.25) is 0 Å². The first-order chi connectivity index (χ1) is 6.17. The maximum absolute atomic E-state index is 8.95. The van der Waals surface area contributed by atoms with Crippen LogP contribution in [0.25, 0.3) is 0 Å². The molecule has 0 aliphatic rings. The van der Waals surface area contributed by atoms with Crippen molar-refractivity contribution in [3.8, 4) is 0 Å². The highest BCUT2D eigenvalue weighted by Gasteiger charge is 2.11. The van der Waals surface area contributed by atoms with Crippen molar-refractivity contribution in [3.63, 3.8) is 0 Å². The van der Waals surface area contributed by atoms with Gasteiger partial charge in [0, 0.05) is 12.3 Å². The van der Waals surface area contributed by atoms with Gasteiger partial charge in [-0.2, -0.15) is 12.6 Å². The zero-order valence-electron chi connectivity index (χ0n) is 7.14. The molecule has 70 valence electrons. The van der Waals surface area contributed by atoms with Crippen molar-refractivity contribution < 1.29 is 10.0 Å². The second-order valence-electron chi connectivity index (χ2n) is 2.82. The Morgan fingerprint density at radius 3 is 2.31 bits per heavy atom. The van der Waals surface area contributed by atoms with E-state index in [4.69, 9.17) is 15.8 Å². The zero-order chi connectivity index (χ0) is 9.84. The van der Waals surface area contributed by atoms with Crippen molar-refractivity contribution in [2.75, 3.05) is 0 Å². The molecule has 0 aliphatic carbocycles. The summed E-state index contributed by atoms with van der Waals surface area (Å²) in [6.45, 7) is 0.390. The van der Waals surface area contributed by atoms with Crippen molar-refractivity contribution in [1.82, 2.24) is 0 Å². The van der Waals surface area contributed by atoms with Crippen molar-refractivity contribution in [3.05, 3.63) is 29.3 Å². The minimum atomic E-state index is -1.44. The Morgan fingerprint density at radius 2 is 1.85 bits per heavy atom. The molecule has 1 aromatic carbocycles. The van der Waals surface area contributed by atoms with Gasteiger partial charge in [-0.1, -0.05) is 18.2 Å². The molecule has 0 amide bonds. The fraction of sp³-hybridized carbons (Fsp3) is 0.250. The van der Waals surface area contributed by atoms with E-state index in [1.165, 1.54) is 0 Å². The van der Waals surface area contributed by atoms with Crippen LogP contribution in [0, 0.1) is 0 Å². The van der Waals surface area contributed by atoms with Gasteiger partial charge in [0.2, 0.25) is 0 Å². The molecule has 0 aliphatic heterocycles. The second kappa shape index (κ2) is 4.67. The van der Waals surface area contributed by atoms with Crippen LogP contribution in [0.15, 0.2) is 18.2 Å². The van der Waals surface area contributed by atoms with Crippen LogP contribution in [0.1, 0.15) is 11.1 Å². The van der Waals surface area contributed by atoms with E-state index in [1.807, 2.05) is 6.07 Å². The van der Waals surface area contributed by atoms with Crippen LogP contribution >= 0.6 is 12.6 Å². The highest BCUT2D eigenvalue weighted by atomic mass is 32.1. The van der Waals surface area contributed by atoms with Gasteiger partial charge in [-0.15, -0.1) is 0 Å². The molecule has 0 saturated carbocycles. The molecular weight excluding hydrogens is 185 g/mol. The SMILES string of the molecule is NCc1cc(CS)cc(B(O)O)c1. The van der Waals surface area contributed by atoms with Gasteiger partial charge >= 0.3 is 7.12 Å². The molecule has 0 atom stereocenters. The number of rotatable bonds is 3. The Bertz CT molecular complexity index is 271. The number of benzene rings is 1. The van der Waals surface area contributed by atoms with Crippen LogP contribution < -0.4 is 11.2 Å². The van der Waals surface area contributed by atoms with E-state index in [0.717, 1.165) is 11.1 Å². The third-order valence-corrected chi connectivity index (χ3v) is 2.16. The molecule has 0 radical (unpaired) electrons. The minimum absolute atomic E-state index is 0.390. The third kappa shape index (κ3) is 2.74. The van der Waals surface area contributed by atoms with E-state index in [1.54, 1.807) is 12.1 Å². The van der Waals surface area contributed by atoms with Gasteiger partial charge < -0.3 is 15.8 Å². The normalized spacial score (nSPS) is 10.2. The van der Waals surface area contributed by atoms with Crippen molar-refractivity contribution in [2.45, 2.75) is 12.3 Å². The molecule has 0 heterocycles. The minimum Gasteiger partial charge on any atom is -0.423 e. The van der Waals surface area contributed by atoms with Crippen LogP contribution in [-0.2, 0) is 12.3 Å². The molecule has 1 rings (SSSR count). The van der Waals surface area contributed by atoms with Gasteiger partial charge in [0.15, 0.2) is 0 Å². The van der Waals surface area contributed by atoms with Gasteiger partial charge in [0.1, 0.15) is 0 Å². The summed E-state index contributed by atoms with van der Waals surface area (Å²) in [5.41, 5.74) is 7.74. The molecule has 0 spiro atoms. The predicted octanol–water partition coefficient (Wildman–Crippen LogP) is -0.745. The van der Waals surface area contributed by atoms with Crippen LogP contribution in [0.5, 0.6) is 0 Å². The Kier molecular flexibility index (Phi) is 3.80. The van der Waals surface area contributed by atoms with E-state index in [0.29, 0.717) is 17.8 Å². The second-order valence-corrected chi connectivity index (χ2v) is 3.13. The maximum Gasteiger partial charge on any atom is 0.488 e. The summed E-state index contributed by atoms with van der Waals surface area (Å²) in [5.74, 6) is 0.563. The van der Waals surface area contributed by atoms with Crippen LogP contribution in [-0.4, -0.2) is 17.2 Å². The number of hydrogen-bond acceptors (Lipinski definition) is 4. The van der Waals surface area contributed by atoms with E-state index >= 15 is 0 Å². The molecular formula is C8H12BNO2S. The topological polar surface area (TPSA) is 66.5 Å². The first-order valence-electron chi connectivity index (χ1n) is 3.97. The quantitative estimate of drug-likeness (QED) is 0.381. The van der Waals surface area contributed by atoms with Crippen molar-refractivity contribution >= 4 is 25.2 Å². The Hall–Kier alpha value is -0.485. The first-order valence-corrected chi connectivity index (χ1v) is 4.60. The van der Waals surface area contributed by atoms with E-state index in [-0.39, 0.29) is 0 Å². The van der Waals surface area contributed by atoms with Gasteiger partial charge in [-0.25, -0.2) is 0 Å². The fourth-order valence-corrected chi connectivity index (χ4v) is 1.33. The summed E-state index contributed by atoms with van der Waals surface area (Å²) in [4.78, 5) is 0. The standard InChI is InChI=1S/C8H12BNO2S/c10-4-6-1-7(5-13)3-8(2-6)9(11)12/h1-3,11-13H,4-5,10H2. The van der Waals surface area contributed by atoms with Gasteiger partial charge in [0.25, 0.3) is 0 Å². The Morgan fingerprint density at radius 1 is 1.23 bits per heavy atom. The first kappa shape index (κ1) is 10.6. The van der Waals surface area contributed by atoms with Crippen molar-refractivity contribution in [2.24, 2.45) is 5.73 Å². The molecule has 0 fully saturated rings. The molecule has 5 heteroatoms.